The molecule has 2 fully saturated rings. The molecule has 3 aromatic rings. The van der Waals surface area contributed by atoms with Crippen molar-refractivity contribution in [2.45, 2.75) is 69.6 Å². The third-order valence-electron chi connectivity index (χ3n) is 8.36. The molecule has 172 valence electrons. The number of nitrogens with zero attached hydrogens (tertiary/aromatic N) is 1. The van der Waals surface area contributed by atoms with E-state index in [2.05, 4.69) is 40.0 Å². The Labute approximate surface area is 198 Å². The largest absolute Gasteiger partial charge is 0.478 e. The molecule has 1 aliphatic heterocycles. The highest BCUT2D eigenvalue weighted by Crippen LogP contribution is 2.47. The van der Waals surface area contributed by atoms with Crippen molar-refractivity contribution in [3.8, 4) is 0 Å². The molecule has 2 aromatic heterocycles. The van der Waals surface area contributed by atoms with Crippen LogP contribution in [0.5, 0.6) is 0 Å². The lowest BCUT2D eigenvalue weighted by atomic mass is 9.72. The summed E-state index contributed by atoms with van der Waals surface area (Å²) in [5.41, 5.74) is 5.73. The monoisotopic (exact) mass is 462 g/mol. The van der Waals surface area contributed by atoms with E-state index in [4.69, 9.17) is 11.6 Å². The van der Waals surface area contributed by atoms with Gasteiger partial charge in [0.1, 0.15) is 0 Å². The molecule has 33 heavy (non-hydrogen) atoms. The molecule has 1 aromatic carbocycles. The number of hydrogen-bond acceptors (Lipinski definition) is 1. The number of aromatic amines is 1. The number of rotatable bonds is 4. The predicted molar refractivity (Wildman–Crippen MR) is 133 cm³/mol. The van der Waals surface area contributed by atoms with Crippen LogP contribution in [0.4, 0.5) is 0 Å². The van der Waals surface area contributed by atoms with Crippen LogP contribution in [-0.2, 0) is 0 Å². The van der Waals surface area contributed by atoms with Crippen LogP contribution in [0.1, 0.15) is 91.2 Å². The van der Waals surface area contributed by atoms with Gasteiger partial charge >= 0.3 is 5.97 Å². The van der Waals surface area contributed by atoms with Gasteiger partial charge < -0.3 is 14.7 Å². The molecule has 3 heterocycles. The lowest BCUT2D eigenvalue weighted by Gasteiger charge is -2.33. The van der Waals surface area contributed by atoms with Gasteiger partial charge in [-0.1, -0.05) is 37.5 Å². The second kappa shape index (κ2) is 8.39. The Hall–Kier alpha value is -2.46. The third-order valence-corrected chi connectivity index (χ3v) is 8.58. The topological polar surface area (TPSA) is 58.0 Å². The van der Waals surface area contributed by atoms with E-state index in [0.29, 0.717) is 23.3 Å². The number of benzene rings is 1. The van der Waals surface area contributed by atoms with E-state index in [-0.39, 0.29) is 5.92 Å². The minimum Gasteiger partial charge on any atom is -0.478 e. The van der Waals surface area contributed by atoms with E-state index in [1.165, 1.54) is 66.3 Å². The zero-order valence-corrected chi connectivity index (χ0v) is 19.7. The maximum atomic E-state index is 12.1. The number of fused-ring (bicyclic) bond motifs is 6. The van der Waals surface area contributed by atoms with Crippen LogP contribution in [-0.4, -0.2) is 26.5 Å². The molecule has 2 N–H and O–H groups in total. The van der Waals surface area contributed by atoms with E-state index in [1.54, 1.807) is 6.20 Å². The van der Waals surface area contributed by atoms with Crippen LogP contribution in [0.25, 0.3) is 22.7 Å². The van der Waals surface area contributed by atoms with Crippen molar-refractivity contribution in [1.29, 1.82) is 0 Å². The van der Waals surface area contributed by atoms with Crippen LogP contribution in [0.15, 0.2) is 30.5 Å². The molecule has 5 heteroatoms. The Morgan fingerprint density at radius 2 is 2.00 bits per heavy atom. The summed E-state index contributed by atoms with van der Waals surface area (Å²) in [4.78, 5) is 15.5. The van der Waals surface area contributed by atoms with Crippen molar-refractivity contribution in [3.63, 3.8) is 0 Å². The number of carboxylic acid groups (broad SMARTS) is 1. The fraction of sp³-hybridized carbons (Fsp3) is 0.464. The molecular weight excluding hydrogens is 432 g/mol. The third kappa shape index (κ3) is 3.37. The number of carboxylic acids is 1. The number of carbonyl (C=O) groups is 1. The van der Waals surface area contributed by atoms with Gasteiger partial charge in [0.15, 0.2) is 0 Å². The maximum absolute atomic E-state index is 12.1. The molecule has 3 aliphatic rings. The summed E-state index contributed by atoms with van der Waals surface area (Å²) in [5.74, 6) is 1.10. The number of para-hydroxylation sites is 1. The molecule has 4 nitrogen and oxygen atoms in total. The van der Waals surface area contributed by atoms with Crippen molar-refractivity contribution in [1.82, 2.24) is 9.55 Å². The van der Waals surface area contributed by atoms with Crippen LogP contribution >= 0.6 is 11.6 Å². The van der Waals surface area contributed by atoms with E-state index in [9.17, 15) is 9.90 Å². The van der Waals surface area contributed by atoms with Crippen LogP contribution in [0.3, 0.4) is 0 Å². The minimum absolute atomic E-state index is 0.266. The van der Waals surface area contributed by atoms with Crippen molar-refractivity contribution in [3.05, 3.63) is 57.9 Å². The molecule has 0 amide bonds. The summed E-state index contributed by atoms with van der Waals surface area (Å²) in [6.07, 6.45) is 14.5. The smallest absolute Gasteiger partial charge is 0.337 e. The van der Waals surface area contributed by atoms with Crippen molar-refractivity contribution in [2.75, 3.05) is 5.88 Å². The first kappa shape index (κ1) is 21.1. The molecule has 6 rings (SSSR count). The molecule has 0 spiro atoms. The SMILES string of the molecule is O=C(O)c1c[nH]c2c1=Cn1c(cc3cccc(C4CCCCC4)c31)[C@@H]1C=2CCC[C@@H]1CCCl. The first-order chi connectivity index (χ1) is 16.2. The van der Waals surface area contributed by atoms with Crippen molar-refractivity contribution in [2.24, 2.45) is 5.92 Å². The predicted octanol–water partition coefficient (Wildman–Crippen LogP) is 5.68. The van der Waals surface area contributed by atoms with E-state index in [1.807, 2.05) is 0 Å². The summed E-state index contributed by atoms with van der Waals surface area (Å²) < 4.78 is 2.36. The summed E-state index contributed by atoms with van der Waals surface area (Å²) in [6.45, 7) is 0. The normalized spacial score (nSPS) is 22.9. The van der Waals surface area contributed by atoms with Gasteiger partial charge in [-0.25, -0.2) is 4.79 Å². The van der Waals surface area contributed by atoms with E-state index >= 15 is 0 Å². The average molecular weight is 463 g/mol. The lowest BCUT2D eigenvalue weighted by Crippen LogP contribution is -2.32. The highest BCUT2D eigenvalue weighted by Gasteiger charge is 2.35. The van der Waals surface area contributed by atoms with Gasteiger partial charge in [0.25, 0.3) is 0 Å². The molecule has 2 aliphatic carbocycles. The Balaban J connectivity index is 1.68. The van der Waals surface area contributed by atoms with Gasteiger partial charge in [0, 0.05) is 45.8 Å². The van der Waals surface area contributed by atoms with Gasteiger partial charge in [-0.3, -0.25) is 0 Å². The van der Waals surface area contributed by atoms with Gasteiger partial charge in [-0.05, 0) is 67.6 Å². The molecule has 0 radical (unpaired) electrons. The van der Waals surface area contributed by atoms with Crippen molar-refractivity contribution >= 4 is 40.2 Å². The fourth-order valence-corrected chi connectivity index (χ4v) is 7.19. The number of aromatic nitrogens is 2. The summed E-state index contributed by atoms with van der Waals surface area (Å²) >= 11 is 6.28. The zero-order chi connectivity index (χ0) is 22.5. The molecule has 2 saturated carbocycles. The number of nitrogens with one attached hydrogen (secondary N) is 1. The quantitative estimate of drug-likeness (QED) is 0.490. The Bertz CT molecular complexity index is 1340. The standard InChI is InChI=1S/C28H31ClN2O2/c29-13-12-18-8-4-11-21-25(18)24-14-19-9-5-10-20(17-6-2-1-3-7-17)27(19)31(24)16-23-22(28(32)33)15-30-26(21)23/h5,9-10,14-18,25,30H,1-4,6-8,11-13H2,(H,32,33)/t18-,25+/m1/s1. The van der Waals surface area contributed by atoms with Gasteiger partial charge in [-0.15, -0.1) is 11.6 Å². The van der Waals surface area contributed by atoms with Crippen molar-refractivity contribution < 1.29 is 9.90 Å². The lowest BCUT2D eigenvalue weighted by molar-refractivity contribution is 0.0696. The van der Waals surface area contributed by atoms with E-state index in [0.717, 1.165) is 29.8 Å². The highest BCUT2D eigenvalue weighted by molar-refractivity contribution is 6.17. The molecule has 0 unspecified atom stereocenters. The molecule has 2 atom stereocenters. The van der Waals surface area contributed by atoms with Crippen LogP contribution < -0.4 is 10.6 Å². The Kier molecular flexibility index (Phi) is 5.37. The molecule has 0 saturated heterocycles. The number of alkyl halides is 1. The Morgan fingerprint density at radius 1 is 1.15 bits per heavy atom. The number of aromatic carboxylic acids is 1. The maximum Gasteiger partial charge on any atom is 0.337 e. The first-order valence-electron chi connectivity index (χ1n) is 12.5. The number of hydrogen-bond donors (Lipinski definition) is 2. The Morgan fingerprint density at radius 3 is 2.79 bits per heavy atom. The van der Waals surface area contributed by atoms with Gasteiger partial charge in [0.05, 0.1) is 11.1 Å². The second-order valence-corrected chi connectivity index (χ2v) is 10.5. The first-order valence-corrected chi connectivity index (χ1v) is 13.1. The van der Waals surface area contributed by atoms with Gasteiger partial charge in [-0.2, -0.15) is 0 Å². The number of H-pyrrole nitrogens is 1. The second-order valence-electron chi connectivity index (χ2n) is 10.1. The fourth-order valence-electron chi connectivity index (χ4n) is 6.91. The van der Waals surface area contributed by atoms with Crippen LogP contribution in [0.2, 0.25) is 0 Å². The molecular formula is C28H31ClN2O2. The number of halogens is 1. The zero-order valence-electron chi connectivity index (χ0n) is 18.9. The summed E-state index contributed by atoms with van der Waals surface area (Å²) in [7, 11) is 0. The summed E-state index contributed by atoms with van der Waals surface area (Å²) in [5, 5.41) is 13.1. The minimum atomic E-state index is -0.874. The summed E-state index contributed by atoms with van der Waals surface area (Å²) in [6, 6.07) is 9.12. The van der Waals surface area contributed by atoms with Gasteiger partial charge in [0.2, 0.25) is 0 Å². The van der Waals surface area contributed by atoms with Crippen LogP contribution in [0, 0.1) is 5.92 Å². The molecule has 0 bridgehead atoms. The highest BCUT2D eigenvalue weighted by atomic mass is 35.5. The average Bonchev–Trinajstić information content (AvgIpc) is 3.38. The van der Waals surface area contributed by atoms with E-state index < -0.39 is 5.97 Å².